The Morgan fingerprint density at radius 2 is 1.68 bits per heavy atom. The molecule has 1 aromatic heterocycles. The van der Waals surface area contributed by atoms with Crippen LogP contribution in [0.25, 0.3) is 0 Å². The van der Waals surface area contributed by atoms with Crippen LogP contribution in [-0.2, 0) is 12.8 Å². The summed E-state index contributed by atoms with van der Waals surface area (Å²) in [5, 5.41) is 4.54. The molecule has 0 saturated heterocycles. The number of aromatic nitrogens is 1. The molecule has 19 heavy (non-hydrogen) atoms. The molecule has 1 N–H and O–H groups in total. The second-order valence-corrected chi connectivity index (χ2v) is 5.31. The Hall–Kier alpha value is -1.09. The highest BCUT2D eigenvalue weighted by atomic mass is 35.5. The molecular weight excluding hydrogens is 279 g/mol. The first kappa shape index (κ1) is 14.3. The lowest BCUT2D eigenvalue weighted by Gasteiger charge is -2.16. The fraction of sp³-hybridized carbons (Fsp3) is 0.267. The maximum atomic E-state index is 6.04. The summed E-state index contributed by atoms with van der Waals surface area (Å²) < 4.78 is 0. The fourth-order valence-corrected chi connectivity index (χ4v) is 2.35. The summed E-state index contributed by atoms with van der Waals surface area (Å²) in [5.41, 5.74) is 2.46. The van der Waals surface area contributed by atoms with Crippen LogP contribution in [0.2, 0.25) is 10.0 Å². The Balaban J connectivity index is 2.04. The van der Waals surface area contributed by atoms with Crippen molar-refractivity contribution in [3.05, 3.63) is 63.9 Å². The molecule has 2 rings (SSSR count). The standard InChI is InChI=1S/C15H16Cl2N2/c1-18-13(8-11-4-6-19-7-5-11)9-12-2-3-14(16)15(17)10-12/h2-7,10,13,18H,8-9H2,1H3. The van der Waals surface area contributed by atoms with E-state index in [-0.39, 0.29) is 0 Å². The van der Waals surface area contributed by atoms with Crippen molar-refractivity contribution in [2.24, 2.45) is 0 Å². The normalized spacial score (nSPS) is 12.4. The van der Waals surface area contributed by atoms with E-state index in [4.69, 9.17) is 23.2 Å². The molecule has 0 amide bonds. The predicted molar refractivity (Wildman–Crippen MR) is 81.0 cm³/mol. The smallest absolute Gasteiger partial charge is 0.0595 e. The zero-order chi connectivity index (χ0) is 13.7. The minimum absolute atomic E-state index is 0.361. The largest absolute Gasteiger partial charge is 0.316 e. The number of nitrogens with one attached hydrogen (secondary N) is 1. The minimum Gasteiger partial charge on any atom is -0.316 e. The quantitative estimate of drug-likeness (QED) is 0.908. The summed E-state index contributed by atoms with van der Waals surface area (Å²) >= 11 is 12.0. The lowest BCUT2D eigenvalue weighted by molar-refractivity contribution is 0.556. The van der Waals surface area contributed by atoms with Gasteiger partial charge >= 0.3 is 0 Å². The van der Waals surface area contributed by atoms with E-state index in [0.29, 0.717) is 16.1 Å². The first-order valence-corrected chi connectivity index (χ1v) is 6.94. The molecule has 0 radical (unpaired) electrons. The maximum absolute atomic E-state index is 6.04. The molecule has 0 spiro atoms. The second kappa shape index (κ2) is 6.90. The highest BCUT2D eigenvalue weighted by Crippen LogP contribution is 2.23. The van der Waals surface area contributed by atoms with Crippen LogP contribution in [0, 0.1) is 0 Å². The van der Waals surface area contributed by atoms with Crippen LogP contribution in [0.3, 0.4) is 0 Å². The average molecular weight is 295 g/mol. The maximum Gasteiger partial charge on any atom is 0.0595 e. The number of pyridine rings is 1. The lowest BCUT2D eigenvalue weighted by Crippen LogP contribution is -2.29. The second-order valence-electron chi connectivity index (χ2n) is 4.50. The van der Waals surface area contributed by atoms with Crippen LogP contribution >= 0.6 is 23.2 Å². The Kier molecular flexibility index (Phi) is 5.20. The third-order valence-electron chi connectivity index (χ3n) is 3.11. The van der Waals surface area contributed by atoms with E-state index in [1.54, 1.807) is 0 Å². The van der Waals surface area contributed by atoms with Crippen molar-refractivity contribution in [3.63, 3.8) is 0 Å². The monoisotopic (exact) mass is 294 g/mol. The molecule has 1 heterocycles. The zero-order valence-corrected chi connectivity index (χ0v) is 12.2. The molecule has 0 fully saturated rings. The molecule has 0 aliphatic heterocycles. The van der Waals surface area contributed by atoms with Gasteiger partial charge in [-0.1, -0.05) is 29.3 Å². The lowest BCUT2D eigenvalue weighted by atomic mass is 10.00. The van der Waals surface area contributed by atoms with E-state index in [1.165, 1.54) is 11.1 Å². The van der Waals surface area contributed by atoms with Gasteiger partial charge in [-0.3, -0.25) is 4.98 Å². The fourth-order valence-electron chi connectivity index (χ4n) is 2.03. The topological polar surface area (TPSA) is 24.9 Å². The molecule has 2 nitrogen and oxygen atoms in total. The molecule has 0 aliphatic rings. The molecule has 0 bridgehead atoms. The van der Waals surface area contributed by atoms with Gasteiger partial charge in [-0.05, 0) is 55.3 Å². The van der Waals surface area contributed by atoms with Gasteiger partial charge in [0.2, 0.25) is 0 Å². The van der Waals surface area contributed by atoms with Crippen LogP contribution in [-0.4, -0.2) is 18.1 Å². The van der Waals surface area contributed by atoms with Crippen molar-refractivity contribution in [1.82, 2.24) is 10.3 Å². The Labute approximate surface area is 123 Å². The summed E-state index contributed by atoms with van der Waals surface area (Å²) in [6.07, 6.45) is 5.51. The van der Waals surface area contributed by atoms with Gasteiger partial charge in [0, 0.05) is 18.4 Å². The van der Waals surface area contributed by atoms with Crippen molar-refractivity contribution in [1.29, 1.82) is 0 Å². The van der Waals surface area contributed by atoms with Crippen LogP contribution in [0.5, 0.6) is 0 Å². The van der Waals surface area contributed by atoms with Gasteiger partial charge in [-0.25, -0.2) is 0 Å². The Morgan fingerprint density at radius 3 is 2.32 bits per heavy atom. The van der Waals surface area contributed by atoms with Crippen molar-refractivity contribution in [3.8, 4) is 0 Å². The molecular formula is C15H16Cl2N2. The van der Waals surface area contributed by atoms with E-state index >= 15 is 0 Å². The van der Waals surface area contributed by atoms with Gasteiger partial charge in [-0.2, -0.15) is 0 Å². The van der Waals surface area contributed by atoms with Gasteiger partial charge in [0.1, 0.15) is 0 Å². The molecule has 1 aromatic carbocycles. The van der Waals surface area contributed by atoms with Crippen LogP contribution in [0.4, 0.5) is 0 Å². The number of hydrogen-bond acceptors (Lipinski definition) is 2. The number of nitrogens with zero attached hydrogens (tertiary/aromatic N) is 1. The SMILES string of the molecule is CNC(Cc1ccncc1)Cc1ccc(Cl)c(Cl)c1. The third kappa shape index (κ3) is 4.20. The number of likely N-dealkylation sites (N-methyl/N-ethyl adjacent to an activating group) is 1. The zero-order valence-electron chi connectivity index (χ0n) is 10.7. The summed E-state index contributed by atoms with van der Waals surface area (Å²) in [6, 6.07) is 10.2. The first-order valence-electron chi connectivity index (χ1n) is 6.19. The van der Waals surface area contributed by atoms with Crippen LogP contribution < -0.4 is 5.32 Å². The molecule has 1 unspecified atom stereocenters. The van der Waals surface area contributed by atoms with Crippen molar-refractivity contribution >= 4 is 23.2 Å². The summed E-state index contributed by atoms with van der Waals surface area (Å²) in [5.74, 6) is 0. The van der Waals surface area contributed by atoms with E-state index in [0.717, 1.165) is 12.8 Å². The van der Waals surface area contributed by atoms with Gasteiger partial charge in [0.05, 0.1) is 10.0 Å². The van der Waals surface area contributed by atoms with E-state index in [9.17, 15) is 0 Å². The van der Waals surface area contributed by atoms with Crippen LogP contribution in [0.1, 0.15) is 11.1 Å². The predicted octanol–water partition coefficient (Wildman–Crippen LogP) is 3.76. The Bertz CT molecular complexity index is 529. The number of rotatable bonds is 5. The third-order valence-corrected chi connectivity index (χ3v) is 3.84. The highest BCUT2D eigenvalue weighted by molar-refractivity contribution is 6.42. The van der Waals surface area contributed by atoms with E-state index in [2.05, 4.69) is 10.3 Å². The van der Waals surface area contributed by atoms with Crippen molar-refractivity contribution < 1.29 is 0 Å². The van der Waals surface area contributed by atoms with Crippen LogP contribution in [0.15, 0.2) is 42.7 Å². The van der Waals surface area contributed by atoms with Crippen molar-refractivity contribution in [2.75, 3.05) is 7.05 Å². The van der Waals surface area contributed by atoms with Gasteiger partial charge < -0.3 is 5.32 Å². The average Bonchev–Trinajstić information content (AvgIpc) is 2.43. The van der Waals surface area contributed by atoms with Crippen molar-refractivity contribution in [2.45, 2.75) is 18.9 Å². The van der Waals surface area contributed by atoms with E-state index < -0.39 is 0 Å². The molecule has 0 aliphatic carbocycles. The summed E-state index contributed by atoms with van der Waals surface area (Å²) in [7, 11) is 1.98. The molecule has 100 valence electrons. The molecule has 1 atom stereocenters. The summed E-state index contributed by atoms with van der Waals surface area (Å²) in [6.45, 7) is 0. The van der Waals surface area contributed by atoms with E-state index in [1.807, 2.05) is 49.8 Å². The number of benzene rings is 1. The summed E-state index contributed by atoms with van der Waals surface area (Å²) in [4.78, 5) is 4.03. The molecule has 2 aromatic rings. The number of hydrogen-bond donors (Lipinski definition) is 1. The van der Waals surface area contributed by atoms with Gasteiger partial charge in [0.25, 0.3) is 0 Å². The molecule has 0 saturated carbocycles. The van der Waals surface area contributed by atoms with Gasteiger partial charge in [0.15, 0.2) is 0 Å². The highest BCUT2D eigenvalue weighted by Gasteiger charge is 2.09. The first-order chi connectivity index (χ1) is 9.19. The molecule has 4 heteroatoms. The van der Waals surface area contributed by atoms with Gasteiger partial charge in [-0.15, -0.1) is 0 Å². The minimum atomic E-state index is 0.361. The Morgan fingerprint density at radius 1 is 1.00 bits per heavy atom. The number of halogens is 2.